The van der Waals surface area contributed by atoms with Gasteiger partial charge in [-0.05, 0) is 55.2 Å². The van der Waals surface area contributed by atoms with Gasteiger partial charge in [0.1, 0.15) is 6.61 Å². The van der Waals surface area contributed by atoms with Gasteiger partial charge in [-0.25, -0.2) is 0 Å². The quantitative estimate of drug-likeness (QED) is 0.776. The summed E-state index contributed by atoms with van der Waals surface area (Å²) >= 11 is 0. The lowest BCUT2D eigenvalue weighted by molar-refractivity contribution is 0.0182. The molecule has 2 aliphatic carbocycles. The Morgan fingerprint density at radius 1 is 1.20 bits per heavy atom. The fraction of sp³-hybridized carbons (Fsp3) is 0.611. The molecule has 1 saturated carbocycles. The Kier molecular flexibility index (Phi) is 4.21. The monoisotopic (exact) mass is 272 g/mol. The van der Waals surface area contributed by atoms with Gasteiger partial charge < -0.3 is 4.74 Å². The molecule has 0 aromatic heterocycles. The Bertz CT molecular complexity index is 492. The summed E-state index contributed by atoms with van der Waals surface area (Å²) in [6, 6.07) is 6.18. The minimum Gasteiger partial charge on any atom is -0.370 e. The van der Waals surface area contributed by atoms with Gasteiger partial charge in [0.05, 0.1) is 6.10 Å². The molecule has 0 amide bonds. The Hall–Kier alpha value is -1.15. The van der Waals surface area contributed by atoms with Crippen LogP contribution in [0.15, 0.2) is 18.2 Å². The van der Waals surface area contributed by atoms with Gasteiger partial charge in [0.15, 0.2) is 5.78 Å². The van der Waals surface area contributed by atoms with Crippen molar-refractivity contribution in [3.8, 4) is 0 Å². The van der Waals surface area contributed by atoms with E-state index < -0.39 is 0 Å². The van der Waals surface area contributed by atoms with Crippen LogP contribution >= 0.6 is 0 Å². The smallest absolute Gasteiger partial charge is 0.188 e. The van der Waals surface area contributed by atoms with E-state index in [9.17, 15) is 4.79 Å². The predicted molar refractivity (Wildman–Crippen MR) is 80.2 cm³/mol. The van der Waals surface area contributed by atoms with E-state index in [2.05, 4.69) is 19.1 Å². The lowest BCUT2D eigenvalue weighted by Crippen LogP contribution is -2.24. The summed E-state index contributed by atoms with van der Waals surface area (Å²) in [5.41, 5.74) is 3.61. The van der Waals surface area contributed by atoms with Crippen LogP contribution in [0.4, 0.5) is 0 Å². The van der Waals surface area contributed by atoms with Gasteiger partial charge >= 0.3 is 0 Å². The molecule has 0 N–H and O–H groups in total. The third-order valence-corrected chi connectivity index (χ3v) is 4.76. The molecule has 2 atom stereocenters. The summed E-state index contributed by atoms with van der Waals surface area (Å²) in [5, 5.41) is 0. The van der Waals surface area contributed by atoms with Gasteiger partial charge in [-0.3, -0.25) is 4.79 Å². The zero-order valence-corrected chi connectivity index (χ0v) is 12.4. The Morgan fingerprint density at radius 3 is 2.90 bits per heavy atom. The molecule has 0 aliphatic heterocycles. The zero-order valence-electron chi connectivity index (χ0n) is 12.4. The van der Waals surface area contributed by atoms with Gasteiger partial charge in [-0.2, -0.15) is 0 Å². The van der Waals surface area contributed by atoms with Crippen molar-refractivity contribution in [1.29, 1.82) is 0 Å². The van der Waals surface area contributed by atoms with Crippen LogP contribution in [0.2, 0.25) is 0 Å². The normalized spacial score (nSPS) is 25.4. The molecular formula is C18H24O2. The molecule has 2 aliphatic rings. The summed E-state index contributed by atoms with van der Waals surface area (Å²) in [5.74, 6) is 0.877. The van der Waals surface area contributed by atoms with E-state index in [0.29, 0.717) is 0 Å². The zero-order chi connectivity index (χ0) is 13.9. The highest BCUT2D eigenvalue weighted by molar-refractivity contribution is 5.97. The third kappa shape index (κ3) is 3.12. The number of hydrogen-bond acceptors (Lipinski definition) is 2. The van der Waals surface area contributed by atoms with Crippen LogP contribution in [-0.2, 0) is 17.6 Å². The number of fused-ring (bicyclic) bond motifs is 1. The van der Waals surface area contributed by atoms with Gasteiger partial charge in [0, 0.05) is 5.56 Å². The predicted octanol–water partition coefficient (Wildman–Crippen LogP) is 3.95. The fourth-order valence-electron chi connectivity index (χ4n) is 3.55. The largest absolute Gasteiger partial charge is 0.370 e. The highest BCUT2D eigenvalue weighted by atomic mass is 16.5. The summed E-state index contributed by atoms with van der Waals surface area (Å²) in [6.45, 7) is 2.52. The van der Waals surface area contributed by atoms with E-state index >= 15 is 0 Å². The van der Waals surface area contributed by atoms with Gasteiger partial charge in [0.2, 0.25) is 0 Å². The van der Waals surface area contributed by atoms with Crippen molar-refractivity contribution in [2.45, 2.75) is 58.0 Å². The molecule has 3 rings (SSSR count). The third-order valence-electron chi connectivity index (χ3n) is 4.76. The molecule has 20 heavy (non-hydrogen) atoms. The molecule has 108 valence electrons. The lowest BCUT2D eigenvalue weighted by atomic mass is 9.89. The van der Waals surface area contributed by atoms with Crippen molar-refractivity contribution in [2.24, 2.45) is 5.92 Å². The number of ether oxygens (including phenoxy) is 1. The summed E-state index contributed by atoms with van der Waals surface area (Å²) in [6.07, 6.45) is 8.56. The first-order chi connectivity index (χ1) is 9.72. The van der Waals surface area contributed by atoms with Crippen LogP contribution in [0.5, 0.6) is 0 Å². The molecule has 0 radical (unpaired) electrons. The summed E-state index contributed by atoms with van der Waals surface area (Å²) in [7, 11) is 0. The van der Waals surface area contributed by atoms with Crippen LogP contribution in [0.25, 0.3) is 0 Å². The van der Waals surface area contributed by atoms with Gasteiger partial charge in [-0.15, -0.1) is 0 Å². The minimum absolute atomic E-state index is 0.137. The first kappa shape index (κ1) is 13.8. The first-order valence-corrected chi connectivity index (χ1v) is 7.99. The minimum atomic E-state index is 0.137. The average Bonchev–Trinajstić information content (AvgIpc) is 2.92. The number of rotatable bonds is 4. The number of benzene rings is 1. The molecule has 1 fully saturated rings. The van der Waals surface area contributed by atoms with Crippen LogP contribution in [-0.4, -0.2) is 18.5 Å². The van der Waals surface area contributed by atoms with Crippen molar-refractivity contribution in [2.75, 3.05) is 6.61 Å². The number of carbonyl (C=O) groups excluding carboxylic acids is 1. The summed E-state index contributed by atoms with van der Waals surface area (Å²) < 4.78 is 5.84. The van der Waals surface area contributed by atoms with E-state index in [1.807, 2.05) is 6.07 Å². The van der Waals surface area contributed by atoms with E-state index in [0.717, 1.165) is 30.7 Å². The van der Waals surface area contributed by atoms with E-state index in [1.165, 1.54) is 36.8 Å². The molecule has 1 aromatic carbocycles. The Labute approximate surface area is 121 Å². The maximum atomic E-state index is 12.2. The second kappa shape index (κ2) is 6.09. The summed E-state index contributed by atoms with van der Waals surface area (Å²) in [4.78, 5) is 12.2. The molecule has 0 spiro atoms. The second-order valence-electron chi connectivity index (χ2n) is 6.47. The molecule has 2 nitrogen and oxygen atoms in total. The van der Waals surface area contributed by atoms with Crippen molar-refractivity contribution in [3.63, 3.8) is 0 Å². The van der Waals surface area contributed by atoms with Crippen LogP contribution < -0.4 is 0 Å². The number of carbonyl (C=O) groups is 1. The number of Topliss-reactive ketones (excluding diaryl/α,β-unsaturated/α-hetero) is 1. The standard InChI is InChI=1S/C18H24O2/c1-13-4-2-7-17(10-13)20-12-18(19)16-9-8-14-5-3-6-15(14)11-16/h8-9,11,13,17H,2-7,10,12H2,1H3. The van der Waals surface area contributed by atoms with E-state index in [-0.39, 0.29) is 18.5 Å². The number of aryl methyl sites for hydroxylation is 2. The molecule has 0 saturated heterocycles. The maximum Gasteiger partial charge on any atom is 0.188 e. The van der Waals surface area contributed by atoms with Crippen molar-refractivity contribution < 1.29 is 9.53 Å². The van der Waals surface area contributed by atoms with Crippen LogP contribution in [0, 0.1) is 5.92 Å². The molecule has 0 heterocycles. The van der Waals surface area contributed by atoms with E-state index in [4.69, 9.17) is 4.74 Å². The Balaban J connectivity index is 1.56. The number of hydrogen-bond donors (Lipinski definition) is 0. The highest BCUT2D eigenvalue weighted by Crippen LogP contribution is 2.26. The Morgan fingerprint density at radius 2 is 2.05 bits per heavy atom. The topological polar surface area (TPSA) is 26.3 Å². The van der Waals surface area contributed by atoms with Crippen molar-refractivity contribution in [3.05, 3.63) is 34.9 Å². The van der Waals surface area contributed by atoms with Crippen molar-refractivity contribution in [1.82, 2.24) is 0 Å². The first-order valence-electron chi connectivity index (χ1n) is 7.99. The molecule has 0 bridgehead atoms. The van der Waals surface area contributed by atoms with E-state index in [1.54, 1.807) is 0 Å². The van der Waals surface area contributed by atoms with Gasteiger partial charge in [0.25, 0.3) is 0 Å². The maximum absolute atomic E-state index is 12.2. The lowest BCUT2D eigenvalue weighted by Gasteiger charge is -2.26. The van der Waals surface area contributed by atoms with Crippen LogP contribution in [0.3, 0.4) is 0 Å². The highest BCUT2D eigenvalue weighted by Gasteiger charge is 2.21. The SMILES string of the molecule is CC1CCCC(OCC(=O)c2ccc3c(c2)CCC3)C1. The fourth-order valence-corrected chi connectivity index (χ4v) is 3.55. The molecule has 1 aromatic rings. The van der Waals surface area contributed by atoms with Crippen LogP contribution in [0.1, 0.15) is 60.5 Å². The molecular weight excluding hydrogens is 248 g/mol. The van der Waals surface area contributed by atoms with Gasteiger partial charge in [-0.1, -0.05) is 31.9 Å². The number of ketones is 1. The molecule has 2 unspecified atom stereocenters. The second-order valence-corrected chi connectivity index (χ2v) is 6.47. The average molecular weight is 272 g/mol. The van der Waals surface area contributed by atoms with Crippen molar-refractivity contribution >= 4 is 5.78 Å². The molecule has 2 heteroatoms.